The lowest BCUT2D eigenvalue weighted by atomic mass is 10.2. The van der Waals surface area contributed by atoms with Gasteiger partial charge >= 0.3 is 0 Å². The molecule has 5 nitrogen and oxygen atoms in total. The van der Waals surface area contributed by atoms with Crippen LogP contribution in [0, 0.1) is 12.3 Å². The maximum atomic E-state index is 7.43. The third-order valence-electron chi connectivity index (χ3n) is 2.28. The molecule has 0 aliphatic carbocycles. The molecule has 0 saturated heterocycles. The number of amidine groups is 1. The van der Waals surface area contributed by atoms with Crippen molar-refractivity contribution in [2.45, 2.75) is 6.92 Å². The van der Waals surface area contributed by atoms with Gasteiger partial charge in [0.05, 0.1) is 11.8 Å². The Morgan fingerprint density at radius 2 is 2.06 bits per heavy atom. The fourth-order valence-electron chi connectivity index (χ4n) is 1.37. The molecule has 86 valence electrons. The molecule has 0 aliphatic rings. The van der Waals surface area contributed by atoms with Gasteiger partial charge in [0.1, 0.15) is 11.6 Å². The Morgan fingerprint density at radius 1 is 1.29 bits per heavy atom. The number of aromatic nitrogens is 2. The zero-order chi connectivity index (χ0) is 12.3. The third-order valence-corrected chi connectivity index (χ3v) is 2.28. The van der Waals surface area contributed by atoms with Crippen molar-refractivity contribution in [3.05, 3.63) is 47.7 Å². The maximum absolute atomic E-state index is 7.43. The fourth-order valence-corrected chi connectivity index (χ4v) is 1.37. The van der Waals surface area contributed by atoms with Crippen molar-refractivity contribution in [2.24, 2.45) is 5.73 Å². The van der Waals surface area contributed by atoms with Crippen molar-refractivity contribution in [2.75, 3.05) is 0 Å². The quantitative estimate of drug-likeness (QED) is 0.620. The highest BCUT2D eigenvalue weighted by molar-refractivity contribution is 5.96. The minimum atomic E-state index is -0.0940. The molecule has 0 spiro atoms. The number of hydrogen-bond donors (Lipinski definition) is 2. The zero-order valence-electron chi connectivity index (χ0n) is 9.34. The van der Waals surface area contributed by atoms with Gasteiger partial charge in [-0.3, -0.25) is 5.41 Å². The zero-order valence-corrected chi connectivity index (χ0v) is 9.34. The Balaban J connectivity index is 2.37. The van der Waals surface area contributed by atoms with Crippen molar-refractivity contribution < 1.29 is 4.74 Å². The van der Waals surface area contributed by atoms with Gasteiger partial charge in [0, 0.05) is 0 Å². The summed E-state index contributed by atoms with van der Waals surface area (Å²) in [7, 11) is 0. The SMILES string of the molecule is Cc1ccccc1Oc1nnccc1C(=N)N. The van der Waals surface area contributed by atoms with E-state index in [1.54, 1.807) is 6.07 Å². The highest BCUT2D eigenvalue weighted by Crippen LogP contribution is 2.24. The van der Waals surface area contributed by atoms with Gasteiger partial charge in [-0.1, -0.05) is 18.2 Å². The van der Waals surface area contributed by atoms with Crippen LogP contribution in [0.25, 0.3) is 0 Å². The second kappa shape index (κ2) is 4.61. The summed E-state index contributed by atoms with van der Waals surface area (Å²) in [6.07, 6.45) is 1.47. The fraction of sp³-hybridized carbons (Fsp3) is 0.0833. The monoisotopic (exact) mass is 228 g/mol. The third kappa shape index (κ3) is 2.39. The number of aryl methyl sites for hydroxylation is 1. The Hall–Kier alpha value is -2.43. The minimum absolute atomic E-state index is 0.0940. The smallest absolute Gasteiger partial charge is 0.249 e. The number of nitrogens with two attached hydrogens (primary N) is 1. The van der Waals surface area contributed by atoms with Gasteiger partial charge in [0.2, 0.25) is 5.88 Å². The van der Waals surface area contributed by atoms with Gasteiger partial charge in [-0.15, -0.1) is 5.10 Å². The first kappa shape index (κ1) is 11.1. The van der Waals surface area contributed by atoms with Gasteiger partial charge in [-0.05, 0) is 24.6 Å². The molecule has 0 saturated carbocycles. The number of hydrogen-bond acceptors (Lipinski definition) is 4. The summed E-state index contributed by atoms with van der Waals surface area (Å²) in [6, 6.07) is 9.15. The van der Waals surface area contributed by atoms with Crippen LogP contribution in [0.4, 0.5) is 0 Å². The van der Waals surface area contributed by atoms with E-state index in [0.717, 1.165) is 5.56 Å². The number of para-hydroxylation sites is 1. The van der Waals surface area contributed by atoms with Crippen molar-refractivity contribution in [1.29, 1.82) is 5.41 Å². The molecule has 1 aromatic carbocycles. The largest absolute Gasteiger partial charge is 0.437 e. The Morgan fingerprint density at radius 3 is 2.76 bits per heavy atom. The molecule has 0 aliphatic heterocycles. The van der Waals surface area contributed by atoms with Crippen LogP contribution in [0.3, 0.4) is 0 Å². The summed E-state index contributed by atoms with van der Waals surface area (Å²) in [5.41, 5.74) is 6.85. The molecular formula is C12H12N4O. The van der Waals surface area contributed by atoms with Crippen LogP contribution >= 0.6 is 0 Å². The molecule has 0 fully saturated rings. The summed E-state index contributed by atoms with van der Waals surface area (Å²) in [6.45, 7) is 1.93. The van der Waals surface area contributed by atoms with Crippen LogP contribution in [0.5, 0.6) is 11.6 Å². The summed E-state index contributed by atoms with van der Waals surface area (Å²) < 4.78 is 5.61. The summed E-state index contributed by atoms with van der Waals surface area (Å²) in [4.78, 5) is 0. The molecule has 1 heterocycles. The Bertz CT molecular complexity index is 554. The molecule has 3 N–H and O–H groups in total. The van der Waals surface area contributed by atoms with Crippen LogP contribution in [0.1, 0.15) is 11.1 Å². The molecule has 0 amide bonds. The molecule has 5 heteroatoms. The van der Waals surface area contributed by atoms with E-state index >= 15 is 0 Å². The average Bonchev–Trinajstić information content (AvgIpc) is 2.32. The molecular weight excluding hydrogens is 216 g/mol. The standard InChI is InChI=1S/C12H12N4O/c1-8-4-2-3-5-10(8)17-12-9(11(13)14)6-7-15-16-12/h2-7H,1H3,(H3,13,14). The Labute approximate surface area is 98.8 Å². The average molecular weight is 228 g/mol. The predicted octanol–water partition coefficient (Wildman–Crippen LogP) is 1.86. The Kier molecular flexibility index (Phi) is 3.00. The topological polar surface area (TPSA) is 84.9 Å². The lowest BCUT2D eigenvalue weighted by molar-refractivity contribution is 0.450. The van der Waals surface area contributed by atoms with E-state index in [1.165, 1.54) is 6.20 Å². The van der Waals surface area contributed by atoms with E-state index < -0.39 is 0 Å². The van der Waals surface area contributed by atoms with Gasteiger partial charge in [-0.25, -0.2) is 0 Å². The number of benzene rings is 1. The van der Waals surface area contributed by atoms with E-state index in [1.807, 2.05) is 31.2 Å². The number of rotatable bonds is 3. The van der Waals surface area contributed by atoms with Gasteiger partial charge in [0.25, 0.3) is 0 Å². The van der Waals surface area contributed by atoms with Crippen LogP contribution in [0.2, 0.25) is 0 Å². The summed E-state index contributed by atoms with van der Waals surface area (Å²) in [5, 5.41) is 15.0. The summed E-state index contributed by atoms with van der Waals surface area (Å²) in [5.74, 6) is 0.827. The highest BCUT2D eigenvalue weighted by Gasteiger charge is 2.10. The molecule has 2 aromatic rings. The van der Waals surface area contributed by atoms with E-state index in [4.69, 9.17) is 15.9 Å². The number of nitrogens with one attached hydrogen (secondary N) is 1. The van der Waals surface area contributed by atoms with Crippen molar-refractivity contribution in [3.8, 4) is 11.6 Å². The van der Waals surface area contributed by atoms with E-state index in [9.17, 15) is 0 Å². The van der Waals surface area contributed by atoms with E-state index in [2.05, 4.69) is 10.2 Å². The molecule has 0 atom stereocenters. The van der Waals surface area contributed by atoms with Crippen LogP contribution in [-0.4, -0.2) is 16.0 Å². The summed E-state index contributed by atoms with van der Waals surface area (Å²) >= 11 is 0. The normalized spacial score (nSPS) is 9.94. The molecule has 0 radical (unpaired) electrons. The van der Waals surface area contributed by atoms with Crippen molar-refractivity contribution in [1.82, 2.24) is 10.2 Å². The number of nitrogens with zero attached hydrogens (tertiary/aromatic N) is 2. The first-order chi connectivity index (χ1) is 8.18. The van der Waals surface area contributed by atoms with Crippen LogP contribution in [-0.2, 0) is 0 Å². The second-order valence-electron chi connectivity index (χ2n) is 3.53. The lowest BCUT2D eigenvalue weighted by Crippen LogP contribution is -2.13. The number of ether oxygens (including phenoxy) is 1. The van der Waals surface area contributed by atoms with Crippen molar-refractivity contribution in [3.63, 3.8) is 0 Å². The van der Waals surface area contributed by atoms with E-state index in [0.29, 0.717) is 11.3 Å². The molecule has 17 heavy (non-hydrogen) atoms. The van der Waals surface area contributed by atoms with Crippen LogP contribution < -0.4 is 10.5 Å². The highest BCUT2D eigenvalue weighted by atomic mass is 16.5. The van der Waals surface area contributed by atoms with Gasteiger partial charge < -0.3 is 10.5 Å². The van der Waals surface area contributed by atoms with Crippen LogP contribution in [0.15, 0.2) is 36.5 Å². The first-order valence-corrected chi connectivity index (χ1v) is 5.08. The molecule has 0 unspecified atom stereocenters. The van der Waals surface area contributed by atoms with Crippen molar-refractivity contribution >= 4 is 5.84 Å². The molecule has 0 bridgehead atoms. The lowest BCUT2D eigenvalue weighted by Gasteiger charge is -2.09. The second-order valence-corrected chi connectivity index (χ2v) is 3.53. The first-order valence-electron chi connectivity index (χ1n) is 5.08. The van der Waals surface area contributed by atoms with Gasteiger partial charge in [-0.2, -0.15) is 5.10 Å². The predicted molar refractivity (Wildman–Crippen MR) is 64.3 cm³/mol. The van der Waals surface area contributed by atoms with Gasteiger partial charge in [0.15, 0.2) is 0 Å². The minimum Gasteiger partial charge on any atom is -0.437 e. The maximum Gasteiger partial charge on any atom is 0.249 e. The van der Waals surface area contributed by atoms with E-state index in [-0.39, 0.29) is 11.7 Å². The molecule has 1 aromatic heterocycles. The molecule has 2 rings (SSSR count). The number of nitrogen functional groups attached to an aromatic ring is 1.